The van der Waals surface area contributed by atoms with Crippen molar-refractivity contribution in [2.24, 2.45) is 0 Å². The molecule has 1 aromatic heterocycles. The van der Waals surface area contributed by atoms with Crippen LogP contribution >= 0.6 is 0 Å². The fourth-order valence-corrected chi connectivity index (χ4v) is 3.47. The third-order valence-electron chi connectivity index (χ3n) is 4.61. The van der Waals surface area contributed by atoms with Gasteiger partial charge in [0.1, 0.15) is 5.82 Å². The summed E-state index contributed by atoms with van der Waals surface area (Å²) in [5, 5.41) is 4.50. The number of rotatable bonds is 3. The van der Waals surface area contributed by atoms with Gasteiger partial charge in [-0.1, -0.05) is 30.3 Å². The van der Waals surface area contributed by atoms with Crippen molar-refractivity contribution >= 4 is 10.9 Å². The van der Waals surface area contributed by atoms with Gasteiger partial charge in [-0.2, -0.15) is 0 Å². The Balaban J connectivity index is 1.80. The molecule has 0 bridgehead atoms. The van der Waals surface area contributed by atoms with Crippen LogP contribution in [0.15, 0.2) is 60.8 Å². The highest BCUT2D eigenvalue weighted by atomic mass is 19.1. The highest BCUT2D eigenvalue weighted by Crippen LogP contribution is 2.30. The van der Waals surface area contributed by atoms with Gasteiger partial charge in [0, 0.05) is 37.8 Å². The molecule has 1 aliphatic heterocycles. The van der Waals surface area contributed by atoms with E-state index in [-0.39, 0.29) is 11.9 Å². The first-order chi connectivity index (χ1) is 11.8. The average Bonchev–Trinajstić information content (AvgIpc) is 2.63. The third kappa shape index (κ3) is 3.03. The van der Waals surface area contributed by atoms with Crippen LogP contribution in [0.4, 0.5) is 4.39 Å². The molecular formula is C20H20FN3. The van der Waals surface area contributed by atoms with Crippen LogP contribution in [0.25, 0.3) is 10.9 Å². The van der Waals surface area contributed by atoms with Crippen molar-refractivity contribution in [3.05, 3.63) is 77.7 Å². The van der Waals surface area contributed by atoms with Crippen molar-refractivity contribution in [2.75, 3.05) is 26.2 Å². The molecule has 0 aliphatic carbocycles. The standard InChI is InChI=1S/C20H20FN3/c21-18-6-3-5-16(13-18)20(24-10-8-22-9-11-24)17-12-15-4-1-2-7-19(15)23-14-17/h1-7,12-14,20,22H,8-11H2. The molecule has 0 amide bonds. The molecule has 0 spiro atoms. The molecule has 4 rings (SSSR count). The van der Waals surface area contributed by atoms with E-state index in [2.05, 4.69) is 27.3 Å². The van der Waals surface area contributed by atoms with Gasteiger partial charge in [0.25, 0.3) is 0 Å². The lowest BCUT2D eigenvalue weighted by molar-refractivity contribution is 0.198. The summed E-state index contributed by atoms with van der Waals surface area (Å²) in [7, 11) is 0. The molecule has 0 radical (unpaired) electrons. The van der Waals surface area contributed by atoms with Crippen LogP contribution in [0.2, 0.25) is 0 Å². The molecule has 24 heavy (non-hydrogen) atoms. The topological polar surface area (TPSA) is 28.2 Å². The van der Waals surface area contributed by atoms with Gasteiger partial charge < -0.3 is 5.32 Å². The van der Waals surface area contributed by atoms with Gasteiger partial charge in [-0.05, 0) is 35.4 Å². The van der Waals surface area contributed by atoms with Crippen LogP contribution in [0.3, 0.4) is 0 Å². The summed E-state index contributed by atoms with van der Waals surface area (Å²) in [6.45, 7) is 3.78. The van der Waals surface area contributed by atoms with Gasteiger partial charge in [0.15, 0.2) is 0 Å². The van der Waals surface area contributed by atoms with Gasteiger partial charge in [-0.25, -0.2) is 4.39 Å². The zero-order valence-electron chi connectivity index (χ0n) is 13.5. The van der Waals surface area contributed by atoms with Crippen molar-refractivity contribution < 1.29 is 4.39 Å². The number of hydrogen-bond acceptors (Lipinski definition) is 3. The number of hydrogen-bond donors (Lipinski definition) is 1. The number of benzene rings is 2. The number of nitrogens with one attached hydrogen (secondary N) is 1. The second-order valence-electron chi connectivity index (χ2n) is 6.20. The molecule has 1 aliphatic rings. The Hall–Kier alpha value is -2.30. The van der Waals surface area contributed by atoms with Crippen molar-refractivity contribution in [1.29, 1.82) is 0 Å². The van der Waals surface area contributed by atoms with Crippen LogP contribution in [-0.2, 0) is 0 Å². The molecule has 4 heteroatoms. The Morgan fingerprint density at radius 1 is 0.958 bits per heavy atom. The molecule has 122 valence electrons. The lowest BCUT2D eigenvalue weighted by atomic mass is 9.96. The molecule has 3 aromatic rings. The smallest absolute Gasteiger partial charge is 0.123 e. The largest absolute Gasteiger partial charge is 0.314 e. The van der Waals surface area contributed by atoms with Crippen molar-refractivity contribution in [3.63, 3.8) is 0 Å². The summed E-state index contributed by atoms with van der Waals surface area (Å²) in [5.74, 6) is -0.193. The van der Waals surface area contributed by atoms with Crippen LogP contribution in [0.1, 0.15) is 17.2 Å². The normalized spacial score (nSPS) is 17.0. The summed E-state index contributed by atoms with van der Waals surface area (Å²) in [6.07, 6.45) is 1.93. The molecule has 1 fully saturated rings. The summed E-state index contributed by atoms with van der Waals surface area (Å²) >= 11 is 0. The fourth-order valence-electron chi connectivity index (χ4n) is 3.47. The van der Waals surface area contributed by atoms with E-state index in [4.69, 9.17) is 0 Å². The van der Waals surface area contributed by atoms with E-state index >= 15 is 0 Å². The maximum absolute atomic E-state index is 13.8. The Morgan fingerprint density at radius 2 is 1.79 bits per heavy atom. The third-order valence-corrected chi connectivity index (χ3v) is 4.61. The van der Waals surface area contributed by atoms with Gasteiger partial charge >= 0.3 is 0 Å². The summed E-state index contributed by atoms with van der Waals surface area (Å²) in [4.78, 5) is 7.01. The van der Waals surface area contributed by atoms with Crippen LogP contribution < -0.4 is 5.32 Å². The second-order valence-corrected chi connectivity index (χ2v) is 6.20. The van der Waals surface area contributed by atoms with Crippen LogP contribution in [-0.4, -0.2) is 36.1 Å². The average molecular weight is 321 g/mol. The van der Waals surface area contributed by atoms with E-state index in [9.17, 15) is 4.39 Å². The first kappa shape index (κ1) is 15.2. The van der Waals surface area contributed by atoms with Gasteiger partial charge in [-0.3, -0.25) is 9.88 Å². The molecule has 1 atom stereocenters. The number of nitrogens with zero attached hydrogens (tertiary/aromatic N) is 2. The van der Waals surface area contributed by atoms with Crippen LogP contribution in [0, 0.1) is 5.82 Å². The zero-order chi connectivity index (χ0) is 16.4. The first-order valence-corrected chi connectivity index (χ1v) is 8.36. The predicted octanol–water partition coefficient (Wildman–Crippen LogP) is 3.37. The van der Waals surface area contributed by atoms with Gasteiger partial charge in [-0.15, -0.1) is 0 Å². The Morgan fingerprint density at radius 3 is 2.62 bits per heavy atom. The predicted molar refractivity (Wildman–Crippen MR) is 94.4 cm³/mol. The molecule has 1 N–H and O–H groups in total. The Kier molecular flexibility index (Phi) is 4.24. The van der Waals surface area contributed by atoms with E-state index in [1.807, 2.05) is 30.5 Å². The van der Waals surface area contributed by atoms with Crippen LogP contribution in [0.5, 0.6) is 0 Å². The van der Waals surface area contributed by atoms with E-state index in [1.165, 1.54) is 6.07 Å². The fraction of sp³-hybridized carbons (Fsp3) is 0.250. The minimum absolute atomic E-state index is 0.0277. The molecular weight excluding hydrogens is 301 g/mol. The SMILES string of the molecule is Fc1cccc(C(c2cnc3ccccc3c2)N2CCNCC2)c1. The Labute approximate surface area is 141 Å². The lowest BCUT2D eigenvalue weighted by Gasteiger charge is -2.35. The van der Waals surface area contributed by atoms with E-state index < -0.39 is 0 Å². The molecule has 1 saturated heterocycles. The number of pyridine rings is 1. The quantitative estimate of drug-likeness (QED) is 0.802. The van der Waals surface area contributed by atoms with Crippen molar-refractivity contribution in [2.45, 2.75) is 6.04 Å². The van der Waals surface area contributed by atoms with Gasteiger partial charge in [0.2, 0.25) is 0 Å². The molecule has 0 saturated carbocycles. The number of aromatic nitrogens is 1. The van der Waals surface area contributed by atoms with Crippen molar-refractivity contribution in [3.8, 4) is 0 Å². The summed E-state index contributed by atoms with van der Waals surface area (Å²) in [6, 6.07) is 17.2. The molecule has 2 aromatic carbocycles. The van der Waals surface area contributed by atoms with E-state index in [0.717, 1.165) is 48.2 Å². The Bertz CT molecular complexity index is 843. The number of para-hydroxylation sites is 1. The minimum atomic E-state index is -0.193. The van der Waals surface area contributed by atoms with Crippen molar-refractivity contribution in [1.82, 2.24) is 15.2 Å². The number of halogens is 1. The monoisotopic (exact) mass is 321 g/mol. The first-order valence-electron chi connectivity index (χ1n) is 8.36. The van der Waals surface area contributed by atoms with Gasteiger partial charge in [0.05, 0.1) is 11.6 Å². The maximum atomic E-state index is 13.8. The zero-order valence-corrected chi connectivity index (χ0v) is 13.5. The molecule has 2 heterocycles. The minimum Gasteiger partial charge on any atom is -0.314 e. The highest BCUT2D eigenvalue weighted by molar-refractivity contribution is 5.79. The maximum Gasteiger partial charge on any atom is 0.123 e. The molecule has 3 nitrogen and oxygen atoms in total. The highest BCUT2D eigenvalue weighted by Gasteiger charge is 2.24. The lowest BCUT2D eigenvalue weighted by Crippen LogP contribution is -2.45. The second kappa shape index (κ2) is 6.67. The number of piperazine rings is 1. The van der Waals surface area contributed by atoms with E-state index in [1.54, 1.807) is 12.1 Å². The number of fused-ring (bicyclic) bond motifs is 1. The molecule has 1 unspecified atom stereocenters. The summed E-state index contributed by atoms with van der Waals surface area (Å²) < 4.78 is 13.8. The van der Waals surface area contributed by atoms with E-state index in [0.29, 0.717) is 0 Å². The summed E-state index contributed by atoms with van der Waals surface area (Å²) in [5.41, 5.74) is 3.08.